The van der Waals surface area contributed by atoms with Gasteiger partial charge in [-0.1, -0.05) is 32.0 Å². The Hall–Kier alpha value is -2.52. The second kappa shape index (κ2) is 7.84. The summed E-state index contributed by atoms with van der Waals surface area (Å²) in [4.78, 5) is 24.4. The van der Waals surface area contributed by atoms with Crippen LogP contribution in [0.1, 0.15) is 43.5 Å². The van der Waals surface area contributed by atoms with Crippen LogP contribution in [0.2, 0.25) is 0 Å². The molecule has 1 amide bonds. The summed E-state index contributed by atoms with van der Waals surface area (Å²) in [5.74, 6) is -0.457. The van der Waals surface area contributed by atoms with E-state index in [9.17, 15) is 18.0 Å². The van der Waals surface area contributed by atoms with Gasteiger partial charge in [0.15, 0.2) is 0 Å². The minimum absolute atomic E-state index is 0.0911. The second-order valence-electron chi connectivity index (χ2n) is 7.44. The molecule has 0 bridgehead atoms. The molecule has 1 aliphatic carbocycles. The summed E-state index contributed by atoms with van der Waals surface area (Å²) in [6.07, 6.45) is 1.33. The standard InChI is InChI=1S/C19H21N3O4S2/c1-19(2)11-13(10-14(23)12-19)20-21-18(24)15-6-3-4-7-16(15)22-28(25,26)17-8-5-9-27-17/h3-9,22H,10-12H2,1-2H3,(H,21,24). The van der Waals surface area contributed by atoms with Gasteiger partial charge in [-0.15, -0.1) is 11.3 Å². The molecule has 9 heteroatoms. The number of benzene rings is 1. The summed E-state index contributed by atoms with van der Waals surface area (Å²) in [6.45, 7) is 3.96. The van der Waals surface area contributed by atoms with Crippen LogP contribution in [0.5, 0.6) is 0 Å². The van der Waals surface area contributed by atoms with Gasteiger partial charge in [-0.25, -0.2) is 13.8 Å². The third-order valence-electron chi connectivity index (χ3n) is 4.25. The number of sulfonamides is 1. The summed E-state index contributed by atoms with van der Waals surface area (Å²) in [7, 11) is -3.78. The number of nitrogens with zero attached hydrogens (tertiary/aromatic N) is 1. The molecule has 2 N–H and O–H groups in total. The SMILES string of the molecule is CC1(C)CC(=O)CC(=NNC(=O)c2ccccc2NS(=O)(=O)c2cccs2)C1. The number of para-hydroxylation sites is 1. The molecule has 2 aromatic rings. The Kier molecular flexibility index (Phi) is 5.66. The molecule has 0 spiro atoms. The van der Waals surface area contributed by atoms with E-state index in [4.69, 9.17) is 0 Å². The number of hydrogen-bond acceptors (Lipinski definition) is 6. The first-order valence-corrected chi connectivity index (χ1v) is 11.1. The van der Waals surface area contributed by atoms with Crippen molar-refractivity contribution >= 4 is 44.4 Å². The lowest BCUT2D eigenvalue weighted by Crippen LogP contribution is -2.31. The summed E-state index contributed by atoms with van der Waals surface area (Å²) < 4.78 is 27.5. The van der Waals surface area contributed by atoms with Gasteiger partial charge in [0, 0.05) is 18.6 Å². The lowest BCUT2D eigenvalue weighted by atomic mass is 9.76. The molecular formula is C19H21N3O4S2. The Morgan fingerprint density at radius 3 is 2.57 bits per heavy atom. The smallest absolute Gasteiger partial charge is 0.273 e. The van der Waals surface area contributed by atoms with Gasteiger partial charge in [0.05, 0.1) is 11.3 Å². The van der Waals surface area contributed by atoms with Crippen molar-refractivity contribution in [2.24, 2.45) is 10.5 Å². The molecule has 0 atom stereocenters. The lowest BCUT2D eigenvalue weighted by Gasteiger charge is -2.29. The first-order chi connectivity index (χ1) is 13.2. The topological polar surface area (TPSA) is 105 Å². The van der Waals surface area contributed by atoms with Crippen LogP contribution in [0.15, 0.2) is 51.1 Å². The van der Waals surface area contributed by atoms with Crippen LogP contribution in [0, 0.1) is 5.41 Å². The number of carbonyl (C=O) groups is 2. The zero-order valence-corrected chi connectivity index (χ0v) is 17.2. The molecule has 28 heavy (non-hydrogen) atoms. The van der Waals surface area contributed by atoms with Gasteiger partial charge in [0.1, 0.15) is 9.99 Å². The van der Waals surface area contributed by atoms with Crippen LogP contribution < -0.4 is 10.1 Å². The maximum Gasteiger partial charge on any atom is 0.273 e. The Labute approximate surface area is 167 Å². The average molecular weight is 420 g/mol. The third kappa shape index (κ3) is 4.85. The maximum absolute atomic E-state index is 12.6. The molecule has 3 rings (SSSR count). The molecular weight excluding hydrogens is 398 g/mol. The molecule has 1 aromatic carbocycles. The molecule has 1 aliphatic rings. The third-order valence-corrected chi connectivity index (χ3v) is 7.01. The van der Waals surface area contributed by atoms with E-state index in [2.05, 4.69) is 15.2 Å². The normalized spacial score (nSPS) is 18.1. The van der Waals surface area contributed by atoms with E-state index >= 15 is 0 Å². The fraction of sp³-hybridized carbons (Fsp3) is 0.316. The number of nitrogens with one attached hydrogen (secondary N) is 2. The van der Waals surface area contributed by atoms with Gasteiger partial charge in [-0.3, -0.25) is 14.3 Å². The van der Waals surface area contributed by atoms with Gasteiger partial charge in [-0.05, 0) is 35.4 Å². The van der Waals surface area contributed by atoms with Crippen LogP contribution in [0.3, 0.4) is 0 Å². The molecule has 1 fully saturated rings. The predicted molar refractivity (Wildman–Crippen MR) is 109 cm³/mol. The summed E-state index contributed by atoms with van der Waals surface area (Å²) >= 11 is 1.09. The Morgan fingerprint density at radius 2 is 1.89 bits per heavy atom. The average Bonchev–Trinajstić information content (AvgIpc) is 3.14. The van der Waals surface area contributed by atoms with E-state index in [1.54, 1.807) is 23.6 Å². The van der Waals surface area contributed by atoms with Crippen molar-refractivity contribution in [1.82, 2.24) is 5.43 Å². The van der Waals surface area contributed by atoms with Gasteiger partial charge in [0.25, 0.3) is 15.9 Å². The molecule has 7 nitrogen and oxygen atoms in total. The summed E-state index contributed by atoms with van der Waals surface area (Å²) in [5, 5.41) is 5.78. The molecule has 148 valence electrons. The van der Waals surface area contributed by atoms with E-state index in [-0.39, 0.29) is 33.1 Å². The van der Waals surface area contributed by atoms with Crippen molar-refractivity contribution in [3.63, 3.8) is 0 Å². The van der Waals surface area contributed by atoms with Crippen molar-refractivity contribution in [3.05, 3.63) is 47.3 Å². The van der Waals surface area contributed by atoms with Gasteiger partial charge >= 0.3 is 0 Å². The van der Waals surface area contributed by atoms with E-state index < -0.39 is 15.9 Å². The van der Waals surface area contributed by atoms with Crippen LogP contribution in [0.4, 0.5) is 5.69 Å². The van der Waals surface area contributed by atoms with E-state index in [1.165, 1.54) is 18.2 Å². The number of ketones is 1. The first kappa shape index (κ1) is 20.2. The van der Waals surface area contributed by atoms with Crippen molar-refractivity contribution < 1.29 is 18.0 Å². The highest BCUT2D eigenvalue weighted by molar-refractivity contribution is 7.94. The molecule has 0 saturated heterocycles. The number of rotatable bonds is 5. The number of hydrazone groups is 1. The molecule has 1 saturated carbocycles. The number of anilines is 1. The minimum atomic E-state index is -3.78. The molecule has 1 aromatic heterocycles. The predicted octanol–water partition coefficient (Wildman–Crippen LogP) is 3.41. The summed E-state index contributed by atoms with van der Waals surface area (Å²) in [6, 6.07) is 9.43. The first-order valence-electron chi connectivity index (χ1n) is 8.69. The Bertz CT molecular complexity index is 1030. The molecule has 1 heterocycles. The van der Waals surface area contributed by atoms with Crippen LogP contribution in [-0.4, -0.2) is 25.8 Å². The van der Waals surface area contributed by atoms with Crippen molar-refractivity contribution in [2.45, 2.75) is 37.3 Å². The highest BCUT2D eigenvalue weighted by Gasteiger charge is 2.30. The quantitative estimate of drug-likeness (QED) is 0.725. The summed E-state index contributed by atoms with van der Waals surface area (Å²) in [5.41, 5.74) is 3.19. The highest BCUT2D eigenvalue weighted by Crippen LogP contribution is 2.31. The second-order valence-corrected chi connectivity index (χ2v) is 10.3. The van der Waals surface area contributed by atoms with E-state index in [0.717, 1.165) is 11.3 Å². The fourth-order valence-electron chi connectivity index (χ4n) is 3.15. The number of thiophene rings is 1. The Balaban J connectivity index is 1.78. The number of hydrogen-bond donors (Lipinski definition) is 2. The zero-order valence-electron chi connectivity index (χ0n) is 15.6. The van der Waals surface area contributed by atoms with E-state index in [0.29, 0.717) is 18.6 Å². The van der Waals surface area contributed by atoms with Crippen molar-refractivity contribution in [1.29, 1.82) is 0 Å². The van der Waals surface area contributed by atoms with Gasteiger partial charge < -0.3 is 0 Å². The maximum atomic E-state index is 12.6. The minimum Gasteiger partial charge on any atom is -0.299 e. The van der Waals surface area contributed by atoms with E-state index in [1.807, 2.05) is 13.8 Å². The van der Waals surface area contributed by atoms with Crippen molar-refractivity contribution in [2.75, 3.05) is 4.72 Å². The van der Waals surface area contributed by atoms with Crippen LogP contribution in [-0.2, 0) is 14.8 Å². The molecule has 0 radical (unpaired) electrons. The van der Waals surface area contributed by atoms with Crippen LogP contribution in [0.25, 0.3) is 0 Å². The molecule has 0 unspecified atom stereocenters. The highest BCUT2D eigenvalue weighted by atomic mass is 32.2. The number of amides is 1. The number of carbonyl (C=O) groups excluding carboxylic acids is 2. The van der Waals surface area contributed by atoms with Crippen molar-refractivity contribution in [3.8, 4) is 0 Å². The lowest BCUT2D eigenvalue weighted by molar-refractivity contribution is -0.120. The zero-order chi connectivity index (χ0) is 20.4. The Morgan fingerprint density at radius 1 is 1.14 bits per heavy atom. The largest absolute Gasteiger partial charge is 0.299 e. The van der Waals surface area contributed by atoms with Crippen LogP contribution >= 0.6 is 11.3 Å². The monoisotopic (exact) mass is 419 g/mol. The molecule has 0 aliphatic heterocycles. The number of Topliss-reactive ketones (excluding diaryl/α,β-unsaturated/α-hetero) is 1. The fourth-order valence-corrected chi connectivity index (χ4v) is 5.22. The van der Waals surface area contributed by atoms with Gasteiger partial charge in [-0.2, -0.15) is 5.10 Å². The van der Waals surface area contributed by atoms with Gasteiger partial charge in [0.2, 0.25) is 0 Å².